The molecule has 2 fully saturated rings. The van der Waals surface area contributed by atoms with Crippen LogP contribution in [0.2, 0.25) is 0 Å². The summed E-state index contributed by atoms with van der Waals surface area (Å²) in [5.74, 6) is -0.336. The number of hydrogen-bond acceptors (Lipinski definition) is 3. The summed E-state index contributed by atoms with van der Waals surface area (Å²) in [5.41, 5.74) is 1.00. The van der Waals surface area contributed by atoms with Gasteiger partial charge in [0.05, 0.1) is 18.3 Å². The highest BCUT2D eigenvalue weighted by molar-refractivity contribution is 5.80. The van der Waals surface area contributed by atoms with Crippen molar-refractivity contribution in [2.45, 2.75) is 57.7 Å². The fourth-order valence-electron chi connectivity index (χ4n) is 4.38. The molecule has 6 nitrogen and oxygen atoms in total. The Balaban J connectivity index is 1.36. The molecule has 1 aliphatic heterocycles. The maximum absolute atomic E-state index is 14.1. The lowest BCUT2D eigenvalue weighted by Crippen LogP contribution is -2.44. The maximum Gasteiger partial charge on any atom is 0.191 e. The Bertz CT molecular complexity index is 854. The van der Waals surface area contributed by atoms with Crippen LogP contribution in [0, 0.1) is 11.6 Å². The van der Waals surface area contributed by atoms with E-state index in [2.05, 4.69) is 31.6 Å². The predicted molar refractivity (Wildman–Crippen MR) is 115 cm³/mol. The van der Waals surface area contributed by atoms with E-state index >= 15 is 0 Å². The fourth-order valence-corrected chi connectivity index (χ4v) is 4.38. The van der Waals surface area contributed by atoms with Crippen LogP contribution in [0.3, 0.4) is 0 Å². The van der Waals surface area contributed by atoms with Crippen molar-refractivity contribution >= 4 is 11.6 Å². The van der Waals surface area contributed by atoms with Crippen molar-refractivity contribution in [1.29, 1.82) is 0 Å². The van der Waals surface area contributed by atoms with Gasteiger partial charge >= 0.3 is 0 Å². The van der Waals surface area contributed by atoms with Crippen molar-refractivity contribution < 1.29 is 8.78 Å². The molecule has 1 atom stereocenters. The average Bonchev–Trinajstić information content (AvgIpc) is 3.48. The number of nitrogens with one attached hydrogen (secondary N) is 2. The first-order valence-electron chi connectivity index (χ1n) is 10.9. The minimum Gasteiger partial charge on any atom is -0.365 e. The summed E-state index contributed by atoms with van der Waals surface area (Å²) in [5, 5.41) is 11.4. The number of benzene rings is 1. The molecule has 0 bridgehead atoms. The lowest BCUT2D eigenvalue weighted by molar-refractivity contribution is 0.463. The van der Waals surface area contributed by atoms with E-state index in [4.69, 9.17) is 0 Å². The van der Waals surface area contributed by atoms with Crippen LogP contribution in [0.1, 0.15) is 50.8 Å². The second-order valence-electron chi connectivity index (χ2n) is 8.07. The molecule has 2 heterocycles. The van der Waals surface area contributed by atoms with E-state index in [1.807, 2.05) is 13.0 Å². The van der Waals surface area contributed by atoms with Gasteiger partial charge in [0.2, 0.25) is 0 Å². The van der Waals surface area contributed by atoms with Gasteiger partial charge < -0.3 is 15.5 Å². The molecule has 162 valence electrons. The van der Waals surface area contributed by atoms with E-state index in [9.17, 15) is 8.78 Å². The number of rotatable bonds is 6. The van der Waals surface area contributed by atoms with Crippen LogP contribution < -0.4 is 15.5 Å². The largest absolute Gasteiger partial charge is 0.365 e. The third kappa shape index (κ3) is 4.74. The van der Waals surface area contributed by atoms with Crippen molar-refractivity contribution in [1.82, 2.24) is 20.4 Å². The van der Waals surface area contributed by atoms with Gasteiger partial charge in [-0.2, -0.15) is 5.10 Å². The molecule has 0 radical (unpaired) electrons. The molecule has 0 spiro atoms. The summed E-state index contributed by atoms with van der Waals surface area (Å²) in [6.45, 7) is 4.37. The molecule has 2 N–H and O–H groups in total. The minimum atomic E-state index is -0.519. The van der Waals surface area contributed by atoms with Crippen molar-refractivity contribution in [2.24, 2.45) is 4.99 Å². The summed E-state index contributed by atoms with van der Waals surface area (Å²) in [4.78, 5) is 6.43. The number of hydrogen-bond donors (Lipinski definition) is 2. The van der Waals surface area contributed by atoms with Crippen LogP contribution in [0.25, 0.3) is 0 Å². The minimum absolute atomic E-state index is 0.0567. The van der Waals surface area contributed by atoms with Crippen molar-refractivity contribution in [3.63, 3.8) is 0 Å². The topological polar surface area (TPSA) is 57.5 Å². The molecular weight excluding hydrogens is 386 g/mol. The number of para-hydroxylation sites is 1. The molecular formula is C22H30F2N6. The smallest absolute Gasteiger partial charge is 0.191 e. The van der Waals surface area contributed by atoms with Crippen LogP contribution >= 0.6 is 0 Å². The number of halogens is 2. The number of anilines is 1. The Labute approximate surface area is 176 Å². The third-order valence-corrected chi connectivity index (χ3v) is 5.89. The van der Waals surface area contributed by atoms with Crippen molar-refractivity contribution in [3.8, 4) is 0 Å². The Morgan fingerprint density at radius 3 is 2.67 bits per heavy atom. The van der Waals surface area contributed by atoms with Crippen LogP contribution in [0.5, 0.6) is 0 Å². The number of guanidine groups is 1. The summed E-state index contributed by atoms with van der Waals surface area (Å²) >= 11 is 0. The summed E-state index contributed by atoms with van der Waals surface area (Å²) in [6, 6.07) is 6.62. The van der Waals surface area contributed by atoms with E-state index in [1.54, 1.807) is 4.90 Å². The zero-order valence-corrected chi connectivity index (χ0v) is 17.5. The van der Waals surface area contributed by atoms with Gasteiger partial charge in [-0.25, -0.2) is 13.8 Å². The van der Waals surface area contributed by atoms with E-state index in [0.29, 0.717) is 31.6 Å². The summed E-state index contributed by atoms with van der Waals surface area (Å²) < 4.78 is 30.3. The Morgan fingerprint density at radius 2 is 1.93 bits per heavy atom. The van der Waals surface area contributed by atoms with Gasteiger partial charge in [-0.05, 0) is 44.4 Å². The van der Waals surface area contributed by atoms with Crippen molar-refractivity contribution in [2.75, 3.05) is 24.5 Å². The Morgan fingerprint density at radius 1 is 1.17 bits per heavy atom. The molecule has 1 aliphatic carbocycles. The molecule has 8 heteroatoms. The molecule has 1 saturated heterocycles. The molecule has 4 rings (SSSR count). The van der Waals surface area contributed by atoms with Crippen LogP contribution in [0.4, 0.5) is 14.5 Å². The van der Waals surface area contributed by atoms with Gasteiger partial charge in [0, 0.05) is 31.9 Å². The zero-order chi connectivity index (χ0) is 20.9. The monoisotopic (exact) mass is 416 g/mol. The molecule has 1 saturated carbocycles. The molecule has 1 aromatic carbocycles. The lowest BCUT2D eigenvalue weighted by Gasteiger charge is -2.21. The lowest BCUT2D eigenvalue weighted by atomic mass is 10.2. The maximum atomic E-state index is 14.1. The van der Waals surface area contributed by atoms with Gasteiger partial charge in [-0.3, -0.25) is 4.68 Å². The zero-order valence-electron chi connectivity index (χ0n) is 17.5. The van der Waals surface area contributed by atoms with Gasteiger partial charge in [0.25, 0.3) is 0 Å². The first-order valence-corrected chi connectivity index (χ1v) is 10.9. The van der Waals surface area contributed by atoms with Gasteiger partial charge in [-0.15, -0.1) is 0 Å². The molecule has 1 unspecified atom stereocenters. The Hall–Kier alpha value is -2.64. The molecule has 2 aromatic rings. The van der Waals surface area contributed by atoms with Gasteiger partial charge in [-0.1, -0.05) is 18.9 Å². The van der Waals surface area contributed by atoms with Gasteiger partial charge in [0.15, 0.2) is 5.96 Å². The van der Waals surface area contributed by atoms with E-state index in [0.717, 1.165) is 18.7 Å². The molecule has 0 amide bonds. The first kappa shape index (κ1) is 20.6. The number of nitrogens with zero attached hydrogens (tertiary/aromatic N) is 4. The second kappa shape index (κ2) is 9.45. The number of aliphatic imine (C=N–C) groups is 1. The standard InChI is InChI=1S/C22H30F2N6/c1-2-25-22(26-14-16-11-13-30(28-16)18-6-3-4-7-18)27-17-10-12-29(15-17)21-19(23)8-5-9-20(21)24/h5,8-9,11,13,17-18H,2-4,6-7,10,12,14-15H2,1H3,(H2,25,26,27). The molecule has 30 heavy (non-hydrogen) atoms. The summed E-state index contributed by atoms with van der Waals surface area (Å²) in [7, 11) is 0. The van der Waals surface area contributed by atoms with Gasteiger partial charge in [0.1, 0.15) is 17.3 Å². The van der Waals surface area contributed by atoms with E-state index in [-0.39, 0.29) is 11.7 Å². The highest BCUT2D eigenvalue weighted by Gasteiger charge is 2.27. The highest BCUT2D eigenvalue weighted by atomic mass is 19.1. The average molecular weight is 417 g/mol. The molecule has 2 aliphatic rings. The van der Waals surface area contributed by atoms with Crippen LogP contribution in [-0.2, 0) is 6.54 Å². The normalized spacial score (nSPS) is 20.2. The summed E-state index contributed by atoms with van der Waals surface area (Å²) in [6.07, 6.45) is 7.81. The van der Waals surface area contributed by atoms with Crippen molar-refractivity contribution in [3.05, 3.63) is 47.8 Å². The molecule has 1 aromatic heterocycles. The van der Waals surface area contributed by atoms with Crippen LogP contribution in [0.15, 0.2) is 35.5 Å². The first-order chi connectivity index (χ1) is 14.6. The van der Waals surface area contributed by atoms with E-state index < -0.39 is 11.6 Å². The second-order valence-corrected chi connectivity index (χ2v) is 8.07. The third-order valence-electron chi connectivity index (χ3n) is 5.89. The predicted octanol–water partition coefficient (Wildman–Crippen LogP) is 3.61. The van der Waals surface area contributed by atoms with E-state index in [1.165, 1.54) is 43.9 Å². The number of aromatic nitrogens is 2. The highest BCUT2D eigenvalue weighted by Crippen LogP contribution is 2.29. The Kier molecular flexibility index (Phi) is 6.50. The van der Waals surface area contributed by atoms with Crippen LogP contribution in [-0.4, -0.2) is 41.4 Å². The quantitative estimate of drug-likeness (QED) is 0.558. The SMILES string of the molecule is CCNC(=NCc1ccn(C2CCCC2)n1)NC1CCN(c2c(F)cccc2F)C1. The fraction of sp³-hybridized carbons (Fsp3) is 0.545.